The second-order valence-corrected chi connectivity index (χ2v) is 15.7. The molecule has 0 spiro atoms. The third-order valence-electron chi connectivity index (χ3n) is 11.5. The average molecular weight is 871 g/mol. The molecule has 2 aromatic heterocycles. The van der Waals surface area contributed by atoms with E-state index in [1.165, 1.54) is 24.3 Å². The van der Waals surface area contributed by atoms with Crippen molar-refractivity contribution in [3.8, 4) is 97.5 Å². The van der Waals surface area contributed by atoms with E-state index in [0.29, 0.717) is 84.0 Å². The Balaban J connectivity index is 1.31. The quantitative estimate of drug-likeness (QED) is 0.155. The minimum Gasteiger partial charge on any atom is -0.308 e. The smallest absolute Gasteiger partial charge is 0.308 e. The van der Waals surface area contributed by atoms with Crippen LogP contribution in [0.1, 0.15) is 27.8 Å². The lowest BCUT2D eigenvalue weighted by Crippen LogP contribution is -2.07. The first-order chi connectivity index (χ1) is 32.6. The minimum atomic E-state index is -4.65. The van der Waals surface area contributed by atoms with Crippen LogP contribution in [0.4, 0.5) is 13.2 Å². The van der Waals surface area contributed by atoms with Crippen LogP contribution >= 0.6 is 0 Å². The van der Waals surface area contributed by atoms with Crippen molar-refractivity contribution < 1.29 is 13.2 Å². The van der Waals surface area contributed by atoms with Crippen LogP contribution in [-0.4, -0.2) is 19.5 Å². The molecule has 8 nitrogen and oxygen atoms in total. The molecule has 67 heavy (non-hydrogen) atoms. The third kappa shape index (κ3) is 7.76. The number of alkyl halides is 3. The van der Waals surface area contributed by atoms with Gasteiger partial charge in [0.2, 0.25) is 0 Å². The molecule has 2 heterocycles. The van der Waals surface area contributed by atoms with Crippen molar-refractivity contribution in [2.45, 2.75) is 6.18 Å². The number of hydrogen-bond acceptors (Lipinski definition) is 7. The van der Waals surface area contributed by atoms with Crippen LogP contribution < -0.4 is 0 Å². The molecule has 0 unspecified atom stereocenters. The molecule has 0 fully saturated rings. The topological polar surface area (TPSA) is 139 Å². The molecule has 0 N–H and O–H groups in total. The summed E-state index contributed by atoms with van der Waals surface area (Å²) in [6.07, 6.45) is -4.65. The number of nitriles is 4. The molecule has 314 valence electrons. The summed E-state index contributed by atoms with van der Waals surface area (Å²) in [4.78, 5) is 15.0. The molecule has 0 aliphatic heterocycles. The van der Waals surface area contributed by atoms with Gasteiger partial charge in [-0.05, 0) is 112 Å². The zero-order valence-corrected chi connectivity index (χ0v) is 35.0. The van der Waals surface area contributed by atoms with E-state index in [1.54, 1.807) is 48.5 Å². The highest BCUT2D eigenvalue weighted by Crippen LogP contribution is 2.43. The molecule has 0 bridgehead atoms. The molecule has 0 saturated heterocycles. The van der Waals surface area contributed by atoms with Crippen molar-refractivity contribution in [2.24, 2.45) is 0 Å². The first-order valence-electron chi connectivity index (χ1n) is 20.8. The van der Waals surface area contributed by atoms with Crippen LogP contribution in [0.2, 0.25) is 0 Å². The highest BCUT2D eigenvalue weighted by atomic mass is 19.4. The van der Waals surface area contributed by atoms with Crippen LogP contribution in [-0.2, 0) is 6.18 Å². The molecule has 8 aromatic carbocycles. The lowest BCUT2D eigenvalue weighted by molar-refractivity contribution is -0.137. The molecule has 0 atom stereocenters. The van der Waals surface area contributed by atoms with Crippen LogP contribution in [0.15, 0.2) is 176 Å². The largest absolute Gasteiger partial charge is 0.417 e. The number of rotatable bonds is 7. The molecule has 10 rings (SSSR count). The van der Waals surface area contributed by atoms with Gasteiger partial charge in [-0.15, -0.1) is 0 Å². The van der Waals surface area contributed by atoms with Gasteiger partial charge < -0.3 is 4.57 Å². The predicted octanol–water partition coefficient (Wildman–Crippen LogP) is 13.5. The Morgan fingerprint density at radius 2 is 0.806 bits per heavy atom. The maximum atomic E-state index is 14.7. The summed E-state index contributed by atoms with van der Waals surface area (Å²) in [7, 11) is 0. The summed E-state index contributed by atoms with van der Waals surface area (Å²) < 4.78 is 46.1. The molecule has 10 aromatic rings. The lowest BCUT2D eigenvalue weighted by Gasteiger charge is -2.18. The molecule has 11 heteroatoms. The van der Waals surface area contributed by atoms with E-state index < -0.39 is 11.7 Å². The van der Waals surface area contributed by atoms with E-state index in [0.717, 1.165) is 28.0 Å². The number of hydrogen-bond donors (Lipinski definition) is 0. The van der Waals surface area contributed by atoms with Crippen molar-refractivity contribution in [2.75, 3.05) is 0 Å². The number of halogens is 3. The first kappa shape index (κ1) is 41.3. The normalized spacial score (nSPS) is 11.1. The molecule has 0 radical (unpaired) electrons. The summed E-state index contributed by atoms with van der Waals surface area (Å²) in [6.45, 7) is 0. The van der Waals surface area contributed by atoms with Crippen LogP contribution in [0.3, 0.4) is 0 Å². The fourth-order valence-corrected chi connectivity index (χ4v) is 8.47. The van der Waals surface area contributed by atoms with Gasteiger partial charge >= 0.3 is 6.18 Å². The molecule has 0 amide bonds. The van der Waals surface area contributed by atoms with Crippen LogP contribution in [0.25, 0.3) is 95.0 Å². The standard InChI is InChI=1S/C56H29F3N8/c57-56(58,59)49-14-8-7-13-45(49)42-15-18-46(55-65-53(38-9-3-1-4-10-38)64-54(66-55)39-11-5-2-6-12-39)52(29-42)67-50-19-16-40(43-23-34(30-60)21-35(24-43)31-61)27-47(50)48-28-41(17-20-51(48)67)44-25-36(32-62)22-37(26-44)33-63/h1-29H. The van der Waals surface area contributed by atoms with Crippen molar-refractivity contribution in [1.82, 2.24) is 19.5 Å². The van der Waals surface area contributed by atoms with Gasteiger partial charge in [-0.2, -0.15) is 34.2 Å². The van der Waals surface area contributed by atoms with Crippen LogP contribution in [0.5, 0.6) is 0 Å². The zero-order chi connectivity index (χ0) is 46.2. The lowest BCUT2D eigenvalue weighted by atomic mass is 9.96. The van der Waals surface area contributed by atoms with Crippen molar-refractivity contribution in [3.63, 3.8) is 0 Å². The van der Waals surface area contributed by atoms with Crippen molar-refractivity contribution >= 4 is 21.8 Å². The van der Waals surface area contributed by atoms with E-state index in [1.807, 2.05) is 102 Å². The maximum Gasteiger partial charge on any atom is 0.417 e. The minimum absolute atomic E-state index is 0.0184. The van der Waals surface area contributed by atoms with Gasteiger partial charge in [0.15, 0.2) is 17.5 Å². The van der Waals surface area contributed by atoms with Gasteiger partial charge in [0, 0.05) is 27.5 Å². The van der Waals surface area contributed by atoms with Crippen molar-refractivity contribution in [3.05, 3.63) is 204 Å². The Bertz CT molecular complexity index is 3540. The molecule has 0 saturated carbocycles. The Morgan fingerprint density at radius 3 is 1.27 bits per heavy atom. The highest BCUT2D eigenvalue weighted by Gasteiger charge is 2.34. The Hall–Kier alpha value is -9.68. The maximum absolute atomic E-state index is 14.7. The van der Waals surface area contributed by atoms with E-state index in [9.17, 15) is 34.2 Å². The third-order valence-corrected chi connectivity index (χ3v) is 11.5. The fourth-order valence-electron chi connectivity index (χ4n) is 8.47. The van der Waals surface area contributed by atoms with E-state index in [-0.39, 0.29) is 11.4 Å². The molecule has 0 aliphatic rings. The van der Waals surface area contributed by atoms with Gasteiger partial charge in [0.05, 0.1) is 68.8 Å². The number of fused-ring (bicyclic) bond motifs is 3. The van der Waals surface area contributed by atoms with Gasteiger partial charge in [-0.3, -0.25) is 0 Å². The summed E-state index contributed by atoms with van der Waals surface area (Å²) in [5.74, 6) is 1.06. The average Bonchev–Trinajstić information content (AvgIpc) is 3.71. The number of benzene rings is 8. The van der Waals surface area contributed by atoms with Crippen molar-refractivity contribution in [1.29, 1.82) is 21.0 Å². The Labute approximate surface area is 381 Å². The monoisotopic (exact) mass is 870 g/mol. The zero-order valence-electron chi connectivity index (χ0n) is 35.0. The number of aromatic nitrogens is 4. The molecular formula is C56H29F3N8. The summed E-state index contributed by atoms with van der Waals surface area (Å²) in [6, 6.07) is 59.3. The van der Waals surface area contributed by atoms with Crippen LogP contribution in [0, 0.1) is 45.3 Å². The first-order valence-corrected chi connectivity index (χ1v) is 20.8. The summed E-state index contributed by atoms with van der Waals surface area (Å²) >= 11 is 0. The van der Waals surface area contributed by atoms with Gasteiger partial charge in [0.1, 0.15) is 0 Å². The second-order valence-electron chi connectivity index (χ2n) is 15.7. The van der Waals surface area contributed by atoms with E-state index >= 15 is 0 Å². The summed E-state index contributed by atoms with van der Waals surface area (Å²) in [5.41, 5.74) is 7.17. The van der Waals surface area contributed by atoms with Gasteiger partial charge in [0.25, 0.3) is 0 Å². The molecule has 0 aliphatic carbocycles. The Morgan fingerprint density at radius 1 is 0.373 bits per heavy atom. The molecular weight excluding hydrogens is 842 g/mol. The Kier molecular flexibility index (Phi) is 10.4. The predicted molar refractivity (Wildman–Crippen MR) is 251 cm³/mol. The van der Waals surface area contributed by atoms with E-state index in [2.05, 4.69) is 24.3 Å². The highest BCUT2D eigenvalue weighted by molar-refractivity contribution is 6.12. The van der Waals surface area contributed by atoms with Gasteiger partial charge in [-0.1, -0.05) is 97.1 Å². The fraction of sp³-hybridized carbons (Fsp3) is 0.0179. The summed E-state index contributed by atoms with van der Waals surface area (Å²) in [5, 5.41) is 40.9. The second kappa shape index (κ2) is 16.8. The van der Waals surface area contributed by atoms with E-state index in [4.69, 9.17) is 15.0 Å². The van der Waals surface area contributed by atoms with Gasteiger partial charge in [-0.25, -0.2) is 15.0 Å². The number of nitrogens with zero attached hydrogens (tertiary/aromatic N) is 8. The SMILES string of the molecule is N#Cc1cc(C#N)cc(-c2ccc3c(c2)c2cc(-c4cc(C#N)cc(C#N)c4)ccc2n3-c2cc(-c3ccccc3C(F)(F)F)ccc2-c2nc(-c3ccccc3)nc(-c3ccccc3)n2)c1.